The van der Waals surface area contributed by atoms with Gasteiger partial charge < -0.3 is 20.5 Å². The monoisotopic (exact) mass is 382 g/mol. The standard InChI is InChI=1S/C20H22N4O4/c1-28-17-12-15(13-2-4-14(5-3-13)19(21)22)6-7-16(17)24-11-10-23(20(24)27)9-8-18(25)26/h2-7,12H,8-11H2,1H3,(H3,21,22)(H,25,26). The Hall–Kier alpha value is -3.55. The fourth-order valence-electron chi connectivity index (χ4n) is 3.17. The van der Waals surface area contributed by atoms with Crippen LogP contribution in [0.4, 0.5) is 10.5 Å². The molecule has 1 heterocycles. The minimum atomic E-state index is -0.927. The van der Waals surface area contributed by atoms with Crippen LogP contribution in [0.5, 0.6) is 5.75 Å². The van der Waals surface area contributed by atoms with Gasteiger partial charge in [0.1, 0.15) is 11.6 Å². The number of benzene rings is 2. The molecule has 0 aromatic heterocycles. The first-order valence-electron chi connectivity index (χ1n) is 8.82. The van der Waals surface area contributed by atoms with Crippen LogP contribution < -0.4 is 15.4 Å². The van der Waals surface area contributed by atoms with E-state index < -0.39 is 5.97 Å². The highest BCUT2D eigenvalue weighted by Gasteiger charge is 2.31. The zero-order valence-electron chi connectivity index (χ0n) is 15.5. The summed E-state index contributed by atoms with van der Waals surface area (Å²) in [6, 6.07) is 12.7. The molecule has 1 aliphatic heterocycles. The maximum atomic E-state index is 12.6. The van der Waals surface area contributed by atoms with Crippen LogP contribution in [0, 0.1) is 5.41 Å². The SMILES string of the molecule is COc1cc(-c2ccc(C(=N)N)cc2)ccc1N1CCN(CCC(=O)O)C1=O. The Bertz CT molecular complexity index is 911. The summed E-state index contributed by atoms with van der Waals surface area (Å²) >= 11 is 0. The molecule has 8 heteroatoms. The van der Waals surface area contributed by atoms with Crippen LogP contribution in [0.25, 0.3) is 11.1 Å². The van der Waals surface area contributed by atoms with Gasteiger partial charge in [0.25, 0.3) is 0 Å². The van der Waals surface area contributed by atoms with Crippen molar-refractivity contribution in [3.8, 4) is 16.9 Å². The average molecular weight is 382 g/mol. The Labute approximate surface area is 162 Å². The quantitative estimate of drug-likeness (QED) is 0.501. The van der Waals surface area contributed by atoms with Crippen LogP contribution >= 0.6 is 0 Å². The number of nitrogens with two attached hydrogens (primary N) is 1. The van der Waals surface area contributed by atoms with Gasteiger partial charge in [-0.3, -0.25) is 15.1 Å². The molecule has 3 rings (SSSR count). The molecule has 4 N–H and O–H groups in total. The van der Waals surface area contributed by atoms with Crippen LogP contribution in [0.15, 0.2) is 42.5 Å². The highest BCUT2D eigenvalue weighted by atomic mass is 16.5. The Morgan fingerprint density at radius 1 is 1.18 bits per heavy atom. The molecule has 0 spiro atoms. The lowest BCUT2D eigenvalue weighted by Gasteiger charge is -2.21. The summed E-state index contributed by atoms with van der Waals surface area (Å²) in [6.07, 6.45) is -0.0775. The van der Waals surface area contributed by atoms with Gasteiger partial charge >= 0.3 is 12.0 Å². The number of hydrogen-bond acceptors (Lipinski definition) is 4. The number of amidine groups is 1. The number of nitrogens with zero attached hydrogens (tertiary/aromatic N) is 2. The van der Waals surface area contributed by atoms with E-state index in [0.29, 0.717) is 30.1 Å². The largest absolute Gasteiger partial charge is 0.495 e. The number of carbonyl (C=O) groups is 2. The smallest absolute Gasteiger partial charge is 0.324 e. The average Bonchev–Trinajstić information content (AvgIpc) is 3.06. The zero-order valence-corrected chi connectivity index (χ0v) is 15.5. The van der Waals surface area contributed by atoms with Crippen molar-refractivity contribution in [3.63, 3.8) is 0 Å². The third-order valence-corrected chi connectivity index (χ3v) is 4.69. The number of carboxylic acid groups (broad SMARTS) is 1. The molecule has 1 saturated heterocycles. The molecule has 2 aromatic rings. The summed E-state index contributed by atoms with van der Waals surface area (Å²) in [5.74, 6) is -0.356. The molecule has 0 aliphatic carbocycles. The second-order valence-electron chi connectivity index (χ2n) is 6.44. The molecule has 2 aromatic carbocycles. The van der Waals surface area contributed by atoms with Gasteiger partial charge in [0.2, 0.25) is 0 Å². The second-order valence-corrected chi connectivity index (χ2v) is 6.44. The number of amides is 2. The first-order chi connectivity index (χ1) is 13.4. The molecular formula is C20H22N4O4. The molecule has 2 amide bonds. The normalized spacial score (nSPS) is 13.7. The number of nitrogen functional groups attached to an aromatic ring is 1. The van der Waals surface area contributed by atoms with E-state index in [2.05, 4.69) is 0 Å². The van der Waals surface area contributed by atoms with Gasteiger partial charge in [-0.25, -0.2) is 4.79 Å². The van der Waals surface area contributed by atoms with Crippen molar-refractivity contribution in [2.24, 2.45) is 5.73 Å². The van der Waals surface area contributed by atoms with Gasteiger partial charge in [-0.05, 0) is 23.3 Å². The van der Waals surface area contributed by atoms with Crippen molar-refractivity contribution in [2.75, 3.05) is 31.6 Å². The molecule has 1 fully saturated rings. The summed E-state index contributed by atoms with van der Waals surface area (Å²) in [4.78, 5) is 26.5. The van der Waals surface area contributed by atoms with Crippen molar-refractivity contribution >= 4 is 23.5 Å². The van der Waals surface area contributed by atoms with Crippen LogP contribution in [0.2, 0.25) is 0 Å². The van der Waals surface area contributed by atoms with Crippen molar-refractivity contribution in [1.29, 1.82) is 5.41 Å². The molecule has 0 bridgehead atoms. The molecule has 0 atom stereocenters. The lowest BCUT2D eigenvalue weighted by atomic mass is 10.0. The van der Waals surface area contributed by atoms with Crippen LogP contribution in [0.3, 0.4) is 0 Å². The summed E-state index contributed by atoms with van der Waals surface area (Å²) in [7, 11) is 1.55. The van der Waals surface area contributed by atoms with E-state index in [0.717, 1.165) is 11.1 Å². The Morgan fingerprint density at radius 3 is 2.46 bits per heavy atom. The highest BCUT2D eigenvalue weighted by molar-refractivity contribution is 5.97. The number of nitrogens with one attached hydrogen (secondary N) is 1. The molecule has 0 unspecified atom stereocenters. The Morgan fingerprint density at radius 2 is 1.86 bits per heavy atom. The predicted molar refractivity (Wildman–Crippen MR) is 106 cm³/mol. The van der Waals surface area contributed by atoms with Crippen LogP contribution in [-0.2, 0) is 4.79 Å². The number of ether oxygens (including phenoxy) is 1. The topological polar surface area (TPSA) is 120 Å². The number of anilines is 1. The van der Waals surface area contributed by atoms with Gasteiger partial charge in [-0.1, -0.05) is 30.3 Å². The lowest BCUT2D eigenvalue weighted by Crippen LogP contribution is -2.33. The van der Waals surface area contributed by atoms with Crippen LogP contribution in [-0.4, -0.2) is 54.6 Å². The van der Waals surface area contributed by atoms with Crippen molar-refractivity contribution in [1.82, 2.24) is 4.90 Å². The number of carbonyl (C=O) groups excluding carboxylic acids is 1. The summed E-state index contributed by atoms with van der Waals surface area (Å²) in [5.41, 5.74) is 8.63. The molecule has 8 nitrogen and oxygen atoms in total. The summed E-state index contributed by atoms with van der Waals surface area (Å²) in [5, 5.41) is 16.3. The minimum Gasteiger partial charge on any atom is -0.495 e. The second kappa shape index (κ2) is 7.99. The van der Waals surface area contributed by atoms with E-state index in [1.54, 1.807) is 24.1 Å². The minimum absolute atomic E-state index is 0.0134. The van der Waals surface area contributed by atoms with Gasteiger partial charge in [0.05, 0.1) is 19.2 Å². The number of rotatable bonds is 7. The Balaban J connectivity index is 1.83. The van der Waals surface area contributed by atoms with E-state index >= 15 is 0 Å². The number of carboxylic acids is 1. The fourth-order valence-corrected chi connectivity index (χ4v) is 3.17. The maximum Gasteiger partial charge on any atom is 0.324 e. The summed E-state index contributed by atoms with van der Waals surface area (Å²) < 4.78 is 5.50. The van der Waals surface area contributed by atoms with Gasteiger partial charge in [-0.2, -0.15) is 0 Å². The summed E-state index contributed by atoms with van der Waals surface area (Å²) in [6.45, 7) is 1.14. The van der Waals surface area contributed by atoms with E-state index in [-0.39, 0.29) is 24.8 Å². The third kappa shape index (κ3) is 3.90. The van der Waals surface area contributed by atoms with Crippen LogP contribution in [0.1, 0.15) is 12.0 Å². The van der Waals surface area contributed by atoms with E-state index in [9.17, 15) is 9.59 Å². The zero-order chi connectivity index (χ0) is 20.3. The molecule has 0 radical (unpaired) electrons. The predicted octanol–water partition coefficient (Wildman–Crippen LogP) is 2.36. The molecule has 146 valence electrons. The number of aliphatic carboxylic acids is 1. The van der Waals surface area contributed by atoms with Gasteiger partial charge in [0, 0.05) is 25.2 Å². The van der Waals surface area contributed by atoms with E-state index in [1.165, 1.54) is 4.90 Å². The molecule has 0 saturated carbocycles. The molecular weight excluding hydrogens is 360 g/mol. The lowest BCUT2D eigenvalue weighted by molar-refractivity contribution is -0.137. The van der Waals surface area contributed by atoms with Crippen molar-refractivity contribution < 1.29 is 19.4 Å². The Kier molecular flexibility index (Phi) is 5.49. The van der Waals surface area contributed by atoms with Crippen molar-refractivity contribution in [2.45, 2.75) is 6.42 Å². The first-order valence-corrected chi connectivity index (χ1v) is 8.82. The van der Waals surface area contributed by atoms with E-state index in [4.69, 9.17) is 21.0 Å². The van der Waals surface area contributed by atoms with Crippen molar-refractivity contribution in [3.05, 3.63) is 48.0 Å². The highest BCUT2D eigenvalue weighted by Crippen LogP contribution is 2.35. The third-order valence-electron chi connectivity index (χ3n) is 4.69. The fraction of sp³-hybridized carbons (Fsp3) is 0.250. The number of hydrogen-bond donors (Lipinski definition) is 3. The van der Waals surface area contributed by atoms with E-state index in [1.807, 2.05) is 30.3 Å². The first kappa shape index (κ1) is 19.2. The van der Waals surface area contributed by atoms with Gasteiger partial charge in [0.15, 0.2) is 0 Å². The van der Waals surface area contributed by atoms with Gasteiger partial charge in [-0.15, -0.1) is 0 Å². The number of urea groups is 1. The molecule has 28 heavy (non-hydrogen) atoms. The molecule has 1 aliphatic rings. The number of methoxy groups -OCH3 is 1. The maximum absolute atomic E-state index is 12.6.